The molecule has 4 nitrogen and oxygen atoms in total. The predicted octanol–water partition coefficient (Wildman–Crippen LogP) is 1.84. The Bertz CT molecular complexity index is 534. The molecule has 2 N–H and O–H groups in total. The molecule has 1 heterocycles. The first-order valence-electron chi connectivity index (χ1n) is 6.89. The van der Waals surface area contributed by atoms with Crippen LogP contribution < -0.4 is 5.32 Å². The highest BCUT2D eigenvalue weighted by Gasteiger charge is 2.09. The van der Waals surface area contributed by atoms with Gasteiger partial charge in [0, 0.05) is 25.9 Å². The van der Waals surface area contributed by atoms with Gasteiger partial charge in [0.1, 0.15) is 5.69 Å². The molecule has 2 rings (SSSR count). The van der Waals surface area contributed by atoms with Gasteiger partial charge in [0.15, 0.2) is 0 Å². The van der Waals surface area contributed by atoms with Gasteiger partial charge < -0.3 is 15.0 Å². The molecule has 4 heteroatoms. The van der Waals surface area contributed by atoms with Crippen LogP contribution in [0.1, 0.15) is 22.5 Å². The van der Waals surface area contributed by atoms with Gasteiger partial charge in [0.05, 0.1) is 0 Å². The summed E-state index contributed by atoms with van der Waals surface area (Å²) < 4.78 is 1.96. The zero-order valence-corrected chi connectivity index (χ0v) is 11.5. The van der Waals surface area contributed by atoms with Crippen molar-refractivity contribution < 1.29 is 9.90 Å². The lowest BCUT2D eigenvalue weighted by Crippen LogP contribution is -2.27. The van der Waals surface area contributed by atoms with Gasteiger partial charge in [0.25, 0.3) is 5.91 Å². The number of amides is 1. The number of benzene rings is 1. The Labute approximate surface area is 119 Å². The van der Waals surface area contributed by atoms with Crippen molar-refractivity contribution in [2.24, 2.45) is 0 Å². The third-order valence-corrected chi connectivity index (χ3v) is 3.17. The standard InChI is InChI=1S/C16H20N2O2/c19-13-5-10-17-16(20)15-8-4-11-18(15)12-9-14-6-2-1-3-7-14/h1-4,6-8,11,19H,5,9-10,12-13H2,(H,17,20). The zero-order chi connectivity index (χ0) is 14.2. The summed E-state index contributed by atoms with van der Waals surface area (Å²) in [5.74, 6) is -0.0866. The van der Waals surface area contributed by atoms with Gasteiger partial charge >= 0.3 is 0 Å². The number of nitrogens with one attached hydrogen (secondary N) is 1. The highest BCUT2D eigenvalue weighted by atomic mass is 16.3. The van der Waals surface area contributed by atoms with E-state index in [0.717, 1.165) is 13.0 Å². The first kappa shape index (κ1) is 14.3. The average molecular weight is 272 g/mol. The van der Waals surface area contributed by atoms with Crippen molar-refractivity contribution in [1.82, 2.24) is 9.88 Å². The minimum absolute atomic E-state index is 0.0866. The number of nitrogens with zero attached hydrogens (tertiary/aromatic N) is 1. The molecule has 0 bridgehead atoms. The van der Waals surface area contributed by atoms with Crippen molar-refractivity contribution in [1.29, 1.82) is 0 Å². The van der Waals surface area contributed by atoms with E-state index in [-0.39, 0.29) is 12.5 Å². The fraction of sp³-hybridized carbons (Fsp3) is 0.312. The Morgan fingerprint density at radius 1 is 1.15 bits per heavy atom. The van der Waals surface area contributed by atoms with Gasteiger partial charge in [-0.1, -0.05) is 30.3 Å². The van der Waals surface area contributed by atoms with Crippen LogP contribution in [0.5, 0.6) is 0 Å². The topological polar surface area (TPSA) is 54.3 Å². The van der Waals surface area contributed by atoms with E-state index in [2.05, 4.69) is 17.4 Å². The van der Waals surface area contributed by atoms with Crippen LogP contribution in [0, 0.1) is 0 Å². The number of aliphatic hydroxyl groups is 1. The van der Waals surface area contributed by atoms with Gasteiger partial charge in [-0.3, -0.25) is 4.79 Å². The molecule has 1 aromatic carbocycles. The Morgan fingerprint density at radius 3 is 2.70 bits per heavy atom. The zero-order valence-electron chi connectivity index (χ0n) is 11.5. The second-order valence-corrected chi connectivity index (χ2v) is 4.66. The molecule has 0 unspecified atom stereocenters. The van der Waals surface area contributed by atoms with Gasteiger partial charge in [-0.25, -0.2) is 0 Å². The molecule has 0 fully saturated rings. The molecule has 0 radical (unpaired) electrons. The summed E-state index contributed by atoms with van der Waals surface area (Å²) in [5, 5.41) is 11.5. The minimum atomic E-state index is -0.0866. The maximum atomic E-state index is 12.0. The Hall–Kier alpha value is -2.07. The highest BCUT2D eigenvalue weighted by Crippen LogP contribution is 2.06. The average Bonchev–Trinajstić information content (AvgIpc) is 2.95. The molecular weight excluding hydrogens is 252 g/mol. The summed E-state index contributed by atoms with van der Waals surface area (Å²) in [6.45, 7) is 1.37. The largest absolute Gasteiger partial charge is 0.396 e. The monoisotopic (exact) mass is 272 g/mol. The van der Waals surface area contributed by atoms with Gasteiger partial charge in [-0.2, -0.15) is 0 Å². The summed E-state index contributed by atoms with van der Waals surface area (Å²) in [5.41, 5.74) is 1.92. The molecule has 0 saturated carbocycles. The molecular formula is C16H20N2O2. The molecule has 1 aromatic heterocycles. The molecule has 106 valence electrons. The molecule has 1 amide bonds. The van der Waals surface area contributed by atoms with E-state index in [1.165, 1.54) is 5.56 Å². The van der Waals surface area contributed by atoms with E-state index in [1.807, 2.05) is 41.1 Å². The number of hydrogen-bond donors (Lipinski definition) is 2. The van der Waals surface area contributed by atoms with Crippen LogP contribution in [0.25, 0.3) is 0 Å². The maximum Gasteiger partial charge on any atom is 0.267 e. The number of carbonyl (C=O) groups is 1. The van der Waals surface area contributed by atoms with E-state index in [4.69, 9.17) is 5.11 Å². The number of aliphatic hydroxyl groups excluding tert-OH is 1. The lowest BCUT2D eigenvalue weighted by atomic mass is 10.1. The van der Waals surface area contributed by atoms with Crippen molar-refractivity contribution in [3.63, 3.8) is 0 Å². The third kappa shape index (κ3) is 3.96. The van der Waals surface area contributed by atoms with Crippen LogP contribution in [-0.2, 0) is 13.0 Å². The van der Waals surface area contributed by atoms with Crippen molar-refractivity contribution in [3.8, 4) is 0 Å². The highest BCUT2D eigenvalue weighted by molar-refractivity contribution is 5.92. The van der Waals surface area contributed by atoms with Crippen LogP contribution in [-0.4, -0.2) is 28.7 Å². The Morgan fingerprint density at radius 2 is 1.95 bits per heavy atom. The van der Waals surface area contributed by atoms with Crippen molar-refractivity contribution in [3.05, 3.63) is 59.9 Å². The fourth-order valence-corrected chi connectivity index (χ4v) is 2.08. The number of carbonyl (C=O) groups excluding carboxylic acids is 1. The predicted molar refractivity (Wildman–Crippen MR) is 78.6 cm³/mol. The summed E-state index contributed by atoms with van der Waals surface area (Å²) in [4.78, 5) is 12.0. The van der Waals surface area contributed by atoms with Gasteiger partial charge in [0.2, 0.25) is 0 Å². The van der Waals surface area contributed by atoms with E-state index >= 15 is 0 Å². The third-order valence-electron chi connectivity index (χ3n) is 3.17. The molecule has 0 spiro atoms. The lowest BCUT2D eigenvalue weighted by molar-refractivity contribution is 0.0942. The second kappa shape index (κ2) is 7.50. The van der Waals surface area contributed by atoms with Crippen LogP contribution in [0.15, 0.2) is 48.7 Å². The van der Waals surface area contributed by atoms with E-state index < -0.39 is 0 Å². The van der Waals surface area contributed by atoms with Crippen LogP contribution in [0.4, 0.5) is 0 Å². The fourth-order valence-electron chi connectivity index (χ4n) is 2.08. The number of rotatable bonds is 7. The maximum absolute atomic E-state index is 12.0. The van der Waals surface area contributed by atoms with Gasteiger partial charge in [-0.15, -0.1) is 0 Å². The van der Waals surface area contributed by atoms with Crippen LogP contribution in [0.2, 0.25) is 0 Å². The first-order chi connectivity index (χ1) is 9.81. The second-order valence-electron chi connectivity index (χ2n) is 4.66. The molecule has 0 aliphatic heterocycles. The molecule has 20 heavy (non-hydrogen) atoms. The smallest absolute Gasteiger partial charge is 0.267 e. The SMILES string of the molecule is O=C(NCCCO)c1cccn1CCc1ccccc1. The van der Waals surface area contributed by atoms with Crippen molar-refractivity contribution >= 4 is 5.91 Å². The van der Waals surface area contributed by atoms with Crippen molar-refractivity contribution in [2.45, 2.75) is 19.4 Å². The van der Waals surface area contributed by atoms with E-state index in [1.54, 1.807) is 0 Å². The lowest BCUT2D eigenvalue weighted by Gasteiger charge is -2.09. The van der Waals surface area contributed by atoms with Crippen molar-refractivity contribution in [2.75, 3.05) is 13.2 Å². The molecule has 0 atom stereocenters. The Kier molecular flexibility index (Phi) is 5.38. The Balaban J connectivity index is 1.93. The minimum Gasteiger partial charge on any atom is -0.396 e. The summed E-state index contributed by atoms with van der Waals surface area (Å²) in [7, 11) is 0. The molecule has 0 aliphatic carbocycles. The summed E-state index contributed by atoms with van der Waals surface area (Å²) in [6.07, 6.45) is 3.40. The normalized spacial score (nSPS) is 10.4. The molecule has 0 saturated heterocycles. The van der Waals surface area contributed by atoms with E-state index in [0.29, 0.717) is 18.7 Å². The van der Waals surface area contributed by atoms with E-state index in [9.17, 15) is 4.79 Å². The van der Waals surface area contributed by atoms with Gasteiger partial charge in [-0.05, 0) is 30.5 Å². The summed E-state index contributed by atoms with van der Waals surface area (Å²) >= 11 is 0. The van der Waals surface area contributed by atoms with Crippen LogP contribution in [0.3, 0.4) is 0 Å². The molecule has 2 aromatic rings. The quantitative estimate of drug-likeness (QED) is 0.756. The summed E-state index contributed by atoms with van der Waals surface area (Å²) in [6, 6.07) is 13.9. The number of aryl methyl sites for hydroxylation is 2. The van der Waals surface area contributed by atoms with Crippen LogP contribution >= 0.6 is 0 Å². The molecule has 0 aliphatic rings. The number of hydrogen-bond acceptors (Lipinski definition) is 2. The first-order valence-corrected chi connectivity index (χ1v) is 6.89. The number of aromatic nitrogens is 1.